The molecule has 0 amide bonds. The molecule has 0 saturated carbocycles. The Labute approximate surface area is 61.5 Å². The molecule has 3 nitrogen and oxygen atoms in total. The molecular formula is C7H14N2O. The summed E-state index contributed by atoms with van der Waals surface area (Å²) in [6.45, 7) is 2.82. The first-order valence-electron chi connectivity index (χ1n) is 3.69. The smallest absolute Gasteiger partial charge is 0.0986 e. The van der Waals surface area contributed by atoms with Crippen molar-refractivity contribution in [1.29, 1.82) is 0 Å². The van der Waals surface area contributed by atoms with Gasteiger partial charge in [-0.15, -0.1) is 0 Å². The van der Waals surface area contributed by atoms with Gasteiger partial charge in [-0.3, -0.25) is 4.99 Å². The Morgan fingerprint density at radius 3 is 3.20 bits per heavy atom. The van der Waals surface area contributed by atoms with Crippen LogP contribution in [0.1, 0.15) is 12.8 Å². The zero-order valence-electron chi connectivity index (χ0n) is 6.39. The van der Waals surface area contributed by atoms with Gasteiger partial charge in [-0.2, -0.15) is 0 Å². The Balaban J connectivity index is 2.18. The third-order valence-corrected chi connectivity index (χ3v) is 1.51. The van der Waals surface area contributed by atoms with Crippen molar-refractivity contribution in [2.24, 2.45) is 4.99 Å². The van der Waals surface area contributed by atoms with Crippen molar-refractivity contribution in [2.45, 2.75) is 12.8 Å². The highest BCUT2D eigenvalue weighted by Crippen LogP contribution is 1.92. The molecule has 0 aromatic heterocycles. The van der Waals surface area contributed by atoms with Gasteiger partial charge in [0, 0.05) is 26.6 Å². The number of nitrogens with one attached hydrogen (secondary N) is 1. The summed E-state index contributed by atoms with van der Waals surface area (Å²) in [5.41, 5.74) is 0. The van der Waals surface area contributed by atoms with Gasteiger partial charge in [0.15, 0.2) is 0 Å². The highest BCUT2D eigenvalue weighted by Gasteiger charge is 2.01. The Hall–Kier alpha value is -0.570. The van der Waals surface area contributed by atoms with Crippen LogP contribution in [-0.2, 0) is 4.74 Å². The van der Waals surface area contributed by atoms with Gasteiger partial charge in [0.25, 0.3) is 0 Å². The Kier molecular flexibility index (Phi) is 3.22. The fourth-order valence-electron chi connectivity index (χ4n) is 0.948. The van der Waals surface area contributed by atoms with E-state index in [1.54, 1.807) is 7.11 Å². The van der Waals surface area contributed by atoms with Crippen LogP contribution in [0.25, 0.3) is 0 Å². The highest BCUT2D eigenvalue weighted by atomic mass is 16.5. The van der Waals surface area contributed by atoms with Crippen molar-refractivity contribution in [3.05, 3.63) is 0 Å². The number of rotatable bonds is 3. The molecule has 0 saturated heterocycles. The molecule has 0 radical (unpaired) electrons. The summed E-state index contributed by atoms with van der Waals surface area (Å²) in [6.07, 6.45) is 2.09. The average Bonchev–Trinajstić information content (AvgIpc) is 2.03. The van der Waals surface area contributed by atoms with E-state index in [-0.39, 0.29) is 0 Å². The van der Waals surface area contributed by atoms with Crippen LogP contribution in [0.2, 0.25) is 0 Å². The van der Waals surface area contributed by atoms with Crippen molar-refractivity contribution < 1.29 is 4.74 Å². The minimum Gasteiger partial charge on any atom is -0.384 e. The fraction of sp³-hybridized carbons (Fsp3) is 0.857. The molecule has 0 aromatic rings. The van der Waals surface area contributed by atoms with Crippen molar-refractivity contribution in [3.63, 3.8) is 0 Å². The fourth-order valence-corrected chi connectivity index (χ4v) is 0.948. The molecule has 0 spiro atoms. The maximum Gasteiger partial charge on any atom is 0.0986 e. The topological polar surface area (TPSA) is 33.6 Å². The van der Waals surface area contributed by atoms with Crippen molar-refractivity contribution in [1.82, 2.24) is 5.32 Å². The molecule has 1 aliphatic rings. The van der Waals surface area contributed by atoms with Gasteiger partial charge >= 0.3 is 0 Å². The van der Waals surface area contributed by atoms with Crippen LogP contribution in [0, 0.1) is 0 Å². The zero-order chi connectivity index (χ0) is 7.23. The molecule has 0 aromatic carbocycles. The molecule has 3 heteroatoms. The number of hydrogen-bond donors (Lipinski definition) is 1. The molecule has 1 rings (SSSR count). The molecule has 0 fully saturated rings. The van der Waals surface area contributed by atoms with Crippen LogP contribution in [0.4, 0.5) is 0 Å². The first kappa shape index (κ1) is 7.54. The van der Waals surface area contributed by atoms with Crippen LogP contribution in [0.3, 0.4) is 0 Å². The van der Waals surface area contributed by atoms with Gasteiger partial charge in [0.1, 0.15) is 0 Å². The summed E-state index contributed by atoms with van der Waals surface area (Å²) in [5.74, 6) is 1.10. The summed E-state index contributed by atoms with van der Waals surface area (Å²) >= 11 is 0. The minimum absolute atomic E-state index is 0.770. The lowest BCUT2D eigenvalue weighted by atomic mass is 10.3. The predicted molar refractivity (Wildman–Crippen MR) is 41.4 cm³/mol. The van der Waals surface area contributed by atoms with Crippen LogP contribution in [-0.4, -0.2) is 32.6 Å². The largest absolute Gasteiger partial charge is 0.384 e. The second-order valence-electron chi connectivity index (χ2n) is 2.35. The summed E-state index contributed by atoms with van der Waals surface area (Å²) in [6, 6.07) is 0. The number of methoxy groups -OCH3 is 1. The SMILES string of the molecule is COCCC1=NCCCN1. The standard InChI is InChI=1S/C7H14N2O/c1-10-6-3-7-8-4-2-5-9-7/h2-6H2,1H3,(H,8,9). The van der Waals surface area contributed by atoms with Crippen molar-refractivity contribution >= 4 is 5.84 Å². The van der Waals surface area contributed by atoms with Crippen molar-refractivity contribution in [3.8, 4) is 0 Å². The maximum atomic E-state index is 4.92. The highest BCUT2D eigenvalue weighted by molar-refractivity contribution is 5.82. The summed E-state index contributed by atoms with van der Waals surface area (Å²) in [5, 5.41) is 3.22. The number of ether oxygens (including phenoxy) is 1. The number of nitrogens with zero attached hydrogens (tertiary/aromatic N) is 1. The zero-order valence-corrected chi connectivity index (χ0v) is 6.39. The third kappa shape index (κ3) is 2.35. The van der Waals surface area contributed by atoms with Crippen molar-refractivity contribution in [2.75, 3.05) is 26.8 Å². The molecule has 1 N–H and O–H groups in total. The minimum atomic E-state index is 0.770. The second-order valence-corrected chi connectivity index (χ2v) is 2.35. The van der Waals surface area contributed by atoms with E-state index in [2.05, 4.69) is 10.3 Å². The number of amidine groups is 1. The van der Waals surface area contributed by atoms with Crippen LogP contribution in [0.15, 0.2) is 4.99 Å². The predicted octanol–water partition coefficient (Wildman–Crippen LogP) is 0.415. The molecule has 0 bridgehead atoms. The Morgan fingerprint density at radius 2 is 2.60 bits per heavy atom. The van der Waals surface area contributed by atoms with E-state index in [1.165, 1.54) is 0 Å². The van der Waals surface area contributed by atoms with Crippen LogP contribution in [0.5, 0.6) is 0 Å². The van der Waals surface area contributed by atoms with Gasteiger partial charge in [-0.1, -0.05) is 0 Å². The molecular weight excluding hydrogens is 128 g/mol. The molecule has 0 unspecified atom stereocenters. The third-order valence-electron chi connectivity index (χ3n) is 1.51. The van der Waals surface area contributed by atoms with Gasteiger partial charge < -0.3 is 10.1 Å². The molecule has 0 atom stereocenters. The van der Waals surface area contributed by atoms with E-state index in [0.29, 0.717) is 0 Å². The number of aliphatic imine (C=N–C) groups is 1. The lowest BCUT2D eigenvalue weighted by Crippen LogP contribution is -2.30. The van der Waals surface area contributed by atoms with Gasteiger partial charge in [-0.05, 0) is 6.42 Å². The lowest BCUT2D eigenvalue weighted by Gasteiger charge is -2.13. The van der Waals surface area contributed by atoms with Gasteiger partial charge in [0.05, 0.1) is 12.4 Å². The lowest BCUT2D eigenvalue weighted by molar-refractivity contribution is 0.206. The first-order valence-corrected chi connectivity index (χ1v) is 3.69. The summed E-state index contributed by atoms with van der Waals surface area (Å²) < 4.78 is 4.92. The second kappa shape index (κ2) is 4.28. The van der Waals surface area contributed by atoms with Crippen LogP contribution >= 0.6 is 0 Å². The van der Waals surface area contributed by atoms with E-state index < -0.39 is 0 Å². The molecule has 1 heterocycles. The Morgan fingerprint density at radius 1 is 1.70 bits per heavy atom. The maximum absolute atomic E-state index is 4.92. The van der Waals surface area contributed by atoms with Crippen LogP contribution < -0.4 is 5.32 Å². The van der Waals surface area contributed by atoms with E-state index in [0.717, 1.165) is 38.4 Å². The molecule has 1 aliphatic heterocycles. The van der Waals surface area contributed by atoms with E-state index in [4.69, 9.17) is 4.74 Å². The summed E-state index contributed by atoms with van der Waals surface area (Å²) in [4.78, 5) is 4.29. The van der Waals surface area contributed by atoms with E-state index >= 15 is 0 Å². The van der Waals surface area contributed by atoms with E-state index in [1.807, 2.05) is 0 Å². The molecule has 58 valence electrons. The van der Waals surface area contributed by atoms with Gasteiger partial charge in [0.2, 0.25) is 0 Å². The number of hydrogen-bond acceptors (Lipinski definition) is 3. The van der Waals surface area contributed by atoms with E-state index in [9.17, 15) is 0 Å². The van der Waals surface area contributed by atoms with Gasteiger partial charge in [-0.25, -0.2) is 0 Å². The first-order chi connectivity index (χ1) is 4.93. The average molecular weight is 142 g/mol. The Bertz CT molecular complexity index is 123. The summed E-state index contributed by atoms with van der Waals surface area (Å²) in [7, 11) is 1.71. The normalized spacial score (nSPS) is 17.9. The molecule has 0 aliphatic carbocycles. The monoisotopic (exact) mass is 142 g/mol. The quantitative estimate of drug-likeness (QED) is 0.619. The molecule has 10 heavy (non-hydrogen) atoms.